The van der Waals surface area contributed by atoms with Crippen molar-refractivity contribution in [2.45, 2.75) is 69.6 Å². The average Bonchev–Trinajstić information content (AvgIpc) is 3.30. The number of hydrogen-bond acceptors (Lipinski definition) is 8. The van der Waals surface area contributed by atoms with Gasteiger partial charge < -0.3 is 11.1 Å². The average molecular weight is 455 g/mol. The van der Waals surface area contributed by atoms with Crippen molar-refractivity contribution in [3.8, 4) is 10.6 Å². The van der Waals surface area contributed by atoms with Crippen molar-refractivity contribution in [2.24, 2.45) is 5.92 Å². The van der Waals surface area contributed by atoms with Crippen LogP contribution in [0.3, 0.4) is 0 Å². The molecule has 2 fully saturated rings. The quantitative estimate of drug-likeness (QED) is 0.498. The molecule has 164 valence electrons. The molecule has 0 bridgehead atoms. The van der Waals surface area contributed by atoms with Gasteiger partial charge in [0.25, 0.3) is 0 Å². The molecule has 5 rings (SSSR count). The summed E-state index contributed by atoms with van der Waals surface area (Å²) in [7, 11) is 0. The van der Waals surface area contributed by atoms with Crippen LogP contribution < -0.4 is 11.1 Å². The summed E-state index contributed by atoms with van der Waals surface area (Å²) >= 11 is 3.66. The normalized spacial score (nSPS) is 21.7. The van der Waals surface area contributed by atoms with Gasteiger partial charge >= 0.3 is 0 Å². The molecule has 2 atom stereocenters. The van der Waals surface area contributed by atoms with Crippen LogP contribution >= 0.6 is 23.1 Å². The van der Waals surface area contributed by atoms with Crippen molar-refractivity contribution in [3.63, 3.8) is 0 Å². The van der Waals surface area contributed by atoms with E-state index in [2.05, 4.69) is 46.4 Å². The first kappa shape index (κ1) is 20.9. The van der Waals surface area contributed by atoms with E-state index in [9.17, 15) is 0 Å². The summed E-state index contributed by atoms with van der Waals surface area (Å²) in [6.45, 7) is 6.71. The predicted molar refractivity (Wildman–Crippen MR) is 132 cm³/mol. The van der Waals surface area contributed by atoms with Gasteiger partial charge in [0.2, 0.25) is 5.95 Å². The van der Waals surface area contributed by atoms with Gasteiger partial charge in [0, 0.05) is 22.9 Å². The second kappa shape index (κ2) is 7.89. The fraction of sp³-hybridized carbons (Fsp3) is 0.565. The Balaban J connectivity index is 1.49. The molecule has 0 spiro atoms. The van der Waals surface area contributed by atoms with Gasteiger partial charge in [0.05, 0.1) is 21.7 Å². The molecule has 3 aromatic heterocycles. The first-order valence-electron chi connectivity index (χ1n) is 11.1. The minimum atomic E-state index is 0.291. The number of nitrogens with one attached hydrogen (secondary N) is 1. The Morgan fingerprint density at radius 2 is 1.97 bits per heavy atom. The molecule has 3 aromatic rings. The molecule has 0 aliphatic heterocycles. The van der Waals surface area contributed by atoms with Crippen LogP contribution in [0.15, 0.2) is 12.3 Å². The summed E-state index contributed by atoms with van der Waals surface area (Å²) < 4.78 is 1.47. The Kier molecular flexibility index (Phi) is 5.33. The van der Waals surface area contributed by atoms with Crippen LogP contribution in [-0.2, 0) is 0 Å². The fourth-order valence-electron chi connectivity index (χ4n) is 4.70. The number of aromatic nitrogens is 4. The maximum atomic E-state index is 6.05. The number of anilines is 2. The van der Waals surface area contributed by atoms with Crippen LogP contribution in [0.25, 0.3) is 20.8 Å². The molecule has 8 heteroatoms. The Hall–Kier alpha value is -1.93. The smallest absolute Gasteiger partial charge is 0.222 e. The van der Waals surface area contributed by atoms with Gasteiger partial charge in [0.15, 0.2) is 0 Å². The largest absolute Gasteiger partial charge is 0.368 e. The van der Waals surface area contributed by atoms with Gasteiger partial charge in [-0.1, -0.05) is 13.8 Å². The zero-order valence-electron chi connectivity index (χ0n) is 18.6. The highest BCUT2D eigenvalue weighted by atomic mass is 32.2. The monoisotopic (exact) mass is 454 g/mol. The zero-order chi connectivity index (χ0) is 21.8. The summed E-state index contributed by atoms with van der Waals surface area (Å²) in [5.41, 5.74) is 10.1. The van der Waals surface area contributed by atoms with Crippen LogP contribution in [0.2, 0.25) is 0 Å². The number of pyridine rings is 1. The minimum Gasteiger partial charge on any atom is -0.368 e. The van der Waals surface area contributed by atoms with Gasteiger partial charge in [-0.2, -0.15) is 16.7 Å². The maximum absolute atomic E-state index is 6.05. The second-order valence-electron chi connectivity index (χ2n) is 9.39. The van der Waals surface area contributed by atoms with Crippen LogP contribution in [0.1, 0.15) is 63.3 Å². The van der Waals surface area contributed by atoms with Gasteiger partial charge in [-0.05, 0) is 57.3 Å². The van der Waals surface area contributed by atoms with Gasteiger partial charge in [-0.25, -0.2) is 9.97 Å². The molecule has 3 heterocycles. The zero-order valence-corrected chi connectivity index (χ0v) is 20.2. The number of nitrogen functional groups attached to an aromatic ring is 1. The summed E-state index contributed by atoms with van der Waals surface area (Å²) in [5, 5.41) is 4.67. The van der Waals surface area contributed by atoms with Crippen molar-refractivity contribution >= 4 is 45.1 Å². The number of hydrogen-bond donors (Lipinski definition) is 2. The van der Waals surface area contributed by atoms with E-state index in [-0.39, 0.29) is 0 Å². The van der Waals surface area contributed by atoms with E-state index in [1.54, 1.807) is 11.3 Å². The first-order valence-corrected chi connectivity index (χ1v) is 13.1. The molecule has 31 heavy (non-hydrogen) atoms. The predicted octanol–water partition coefficient (Wildman–Crippen LogP) is 5.64. The third kappa shape index (κ3) is 4.00. The minimum absolute atomic E-state index is 0.291. The van der Waals surface area contributed by atoms with E-state index in [0.29, 0.717) is 28.6 Å². The molecule has 3 N–H and O–H groups in total. The molecule has 0 amide bonds. The van der Waals surface area contributed by atoms with E-state index in [0.717, 1.165) is 46.1 Å². The van der Waals surface area contributed by atoms with Crippen LogP contribution in [0.4, 0.5) is 11.8 Å². The number of nitrogens with two attached hydrogens (primary N) is 1. The standard InChI is InChI=1S/C23H30N6S2/c1-12-17(21-28-19-16(31-21)9-10-25-18(19)13-5-6-13)20(29-22(24)26-12)27-15-8-7-14(11-15)23(2,3)30-4/h9-10,13-15H,5-8,11H2,1-4H3,(H3,24,26,27,29)/t14?,15-/m0/s1. The molecule has 1 unspecified atom stereocenters. The van der Waals surface area contributed by atoms with Gasteiger partial charge in [-0.15, -0.1) is 11.3 Å². The molecule has 0 radical (unpaired) electrons. The number of fused-ring (bicyclic) bond motifs is 1. The van der Waals surface area contributed by atoms with Gasteiger partial charge in [0.1, 0.15) is 16.3 Å². The molecule has 0 saturated heterocycles. The molecule has 2 aliphatic rings. The number of thioether (sulfide) groups is 1. The number of rotatable bonds is 6. The SMILES string of the molecule is CSC(C)(C)C1CC[C@H](Nc2nc(N)nc(C)c2-c2nc3c(C4CC4)nccc3s2)C1. The number of thiazole rings is 1. The first-order chi connectivity index (χ1) is 14.9. The second-order valence-corrected chi connectivity index (χ2v) is 11.9. The van der Waals surface area contributed by atoms with Crippen LogP contribution in [0.5, 0.6) is 0 Å². The number of nitrogens with zero attached hydrogens (tertiary/aromatic N) is 4. The Labute approximate surface area is 191 Å². The molecule has 2 saturated carbocycles. The molecule has 2 aliphatic carbocycles. The van der Waals surface area contributed by atoms with Gasteiger partial charge in [-0.3, -0.25) is 4.98 Å². The Morgan fingerprint density at radius 3 is 2.71 bits per heavy atom. The summed E-state index contributed by atoms with van der Waals surface area (Å²) in [6, 6.07) is 2.46. The van der Waals surface area contributed by atoms with Crippen molar-refractivity contribution in [2.75, 3.05) is 17.3 Å². The van der Waals surface area contributed by atoms with E-state index in [1.165, 1.54) is 24.0 Å². The van der Waals surface area contributed by atoms with Crippen LogP contribution in [-0.4, -0.2) is 37.0 Å². The highest BCUT2D eigenvalue weighted by molar-refractivity contribution is 7.99. The third-order valence-electron chi connectivity index (χ3n) is 6.90. The lowest BCUT2D eigenvalue weighted by Crippen LogP contribution is -2.27. The number of aryl methyl sites for hydroxylation is 1. The van der Waals surface area contributed by atoms with E-state index in [4.69, 9.17) is 10.7 Å². The summed E-state index contributed by atoms with van der Waals surface area (Å²) in [5.74, 6) is 2.38. The molecular formula is C23H30N6S2. The lowest BCUT2D eigenvalue weighted by Gasteiger charge is -2.29. The Bertz CT molecular complexity index is 1120. The lowest BCUT2D eigenvalue weighted by molar-refractivity contribution is 0.434. The highest BCUT2D eigenvalue weighted by Crippen LogP contribution is 2.45. The van der Waals surface area contributed by atoms with Crippen molar-refractivity contribution in [1.82, 2.24) is 19.9 Å². The molecule has 6 nitrogen and oxygen atoms in total. The molecule has 0 aromatic carbocycles. The fourth-order valence-corrected chi connectivity index (χ4v) is 6.31. The topological polar surface area (TPSA) is 89.6 Å². The Morgan fingerprint density at radius 1 is 1.16 bits per heavy atom. The molecular weight excluding hydrogens is 424 g/mol. The highest BCUT2D eigenvalue weighted by Gasteiger charge is 2.36. The summed E-state index contributed by atoms with van der Waals surface area (Å²) in [6.07, 6.45) is 10.1. The van der Waals surface area contributed by atoms with Crippen LogP contribution in [0, 0.1) is 12.8 Å². The lowest BCUT2D eigenvalue weighted by atomic mass is 9.93. The van der Waals surface area contributed by atoms with E-state index < -0.39 is 0 Å². The third-order valence-corrected chi connectivity index (χ3v) is 9.33. The van der Waals surface area contributed by atoms with Crippen molar-refractivity contribution in [1.29, 1.82) is 0 Å². The maximum Gasteiger partial charge on any atom is 0.222 e. The van der Waals surface area contributed by atoms with Crippen molar-refractivity contribution in [3.05, 3.63) is 23.7 Å². The van der Waals surface area contributed by atoms with Crippen molar-refractivity contribution < 1.29 is 0 Å². The summed E-state index contributed by atoms with van der Waals surface area (Å²) in [4.78, 5) is 18.8. The van der Waals surface area contributed by atoms with E-state index in [1.807, 2.05) is 24.9 Å². The van der Waals surface area contributed by atoms with E-state index >= 15 is 0 Å².